The van der Waals surface area contributed by atoms with Crippen molar-refractivity contribution in [3.63, 3.8) is 0 Å². The third-order valence-corrected chi connectivity index (χ3v) is 4.29. The number of hydrogen-bond acceptors (Lipinski definition) is 5. The number of thiazole rings is 1. The van der Waals surface area contributed by atoms with Crippen molar-refractivity contribution in [1.82, 2.24) is 15.2 Å². The van der Waals surface area contributed by atoms with E-state index in [0.717, 1.165) is 37.6 Å². The van der Waals surface area contributed by atoms with Gasteiger partial charge in [0.15, 0.2) is 0 Å². The van der Waals surface area contributed by atoms with Gasteiger partial charge in [-0.1, -0.05) is 11.6 Å². The van der Waals surface area contributed by atoms with Crippen molar-refractivity contribution in [2.45, 2.75) is 39.3 Å². The maximum absolute atomic E-state index is 12.0. The van der Waals surface area contributed by atoms with E-state index in [1.165, 1.54) is 11.3 Å². The third kappa shape index (κ3) is 5.45. The number of amides is 1. The van der Waals surface area contributed by atoms with E-state index < -0.39 is 5.60 Å². The summed E-state index contributed by atoms with van der Waals surface area (Å²) in [6, 6.07) is 0. The highest BCUT2D eigenvalue weighted by atomic mass is 35.5. The van der Waals surface area contributed by atoms with Crippen LogP contribution in [0.5, 0.6) is 0 Å². The van der Waals surface area contributed by atoms with Gasteiger partial charge in [0.25, 0.3) is 0 Å². The van der Waals surface area contributed by atoms with Crippen molar-refractivity contribution in [1.29, 1.82) is 0 Å². The molecule has 1 atom stereocenters. The number of carbonyl (C=O) groups excluding carboxylic acids is 1. The Bertz CT molecular complexity index is 487. The Kier molecular flexibility index (Phi) is 5.46. The fourth-order valence-corrected chi connectivity index (χ4v) is 3.17. The molecule has 5 nitrogen and oxygen atoms in total. The molecular weight excluding hydrogens is 310 g/mol. The minimum Gasteiger partial charge on any atom is -0.444 e. The maximum atomic E-state index is 12.0. The molecule has 0 bridgehead atoms. The molecule has 118 valence electrons. The highest BCUT2D eigenvalue weighted by Crippen LogP contribution is 2.20. The molecule has 21 heavy (non-hydrogen) atoms. The summed E-state index contributed by atoms with van der Waals surface area (Å²) in [5, 5.41) is 4.36. The predicted molar refractivity (Wildman–Crippen MR) is 84.7 cm³/mol. The molecule has 0 saturated carbocycles. The number of carbonyl (C=O) groups is 1. The first-order chi connectivity index (χ1) is 9.83. The van der Waals surface area contributed by atoms with E-state index in [9.17, 15) is 4.79 Å². The second-order valence-corrected chi connectivity index (χ2v) is 8.02. The molecule has 1 aromatic rings. The summed E-state index contributed by atoms with van der Waals surface area (Å²) in [7, 11) is 0. The molecule has 1 aromatic heterocycles. The molecule has 1 aliphatic rings. The molecule has 1 amide bonds. The molecule has 2 rings (SSSR count). The van der Waals surface area contributed by atoms with Crippen molar-refractivity contribution in [2.24, 2.45) is 5.92 Å². The summed E-state index contributed by atoms with van der Waals surface area (Å²) in [5.74, 6) is 0.466. The molecule has 1 saturated heterocycles. The topological polar surface area (TPSA) is 54.5 Å². The monoisotopic (exact) mass is 331 g/mol. The summed E-state index contributed by atoms with van der Waals surface area (Å²) in [5.41, 5.74) is -0.433. The van der Waals surface area contributed by atoms with Crippen molar-refractivity contribution in [3.05, 3.63) is 15.5 Å². The first kappa shape index (κ1) is 16.5. The van der Waals surface area contributed by atoms with E-state index in [0.29, 0.717) is 10.3 Å². The van der Waals surface area contributed by atoms with E-state index in [1.807, 2.05) is 20.8 Å². The molecular formula is C14H22ClN3O2S. The highest BCUT2D eigenvalue weighted by Gasteiger charge is 2.29. The Labute approximate surface area is 134 Å². The van der Waals surface area contributed by atoms with E-state index in [4.69, 9.17) is 16.3 Å². The van der Waals surface area contributed by atoms with Crippen LogP contribution < -0.4 is 5.32 Å². The Morgan fingerprint density at radius 2 is 2.38 bits per heavy atom. The van der Waals surface area contributed by atoms with Crippen LogP contribution in [0.15, 0.2) is 6.20 Å². The Balaban J connectivity index is 1.69. The maximum Gasteiger partial charge on any atom is 0.410 e. The third-order valence-electron chi connectivity index (χ3n) is 3.17. The van der Waals surface area contributed by atoms with Gasteiger partial charge in [0.2, 0.25) is 0 Å². The Hall–Kier alpha value is -0.850. The molecule has 2 heterocycles. The second-order valence-electron chi connectivity index (χ2n) is 6.27. The minimum atomic E-state index is -0.433. The lowest BCUT2D eigenvalue weighted by Crippen LogP contribution is -2.36. The number of nitrogens with zero attached hydrogens (tertiary/aromatic N) is 2. The van der Waals surface area contributed by atoms with Crippen LogP contribution in [0.2, 0.25) is 4.34 Å². The highest BCUT2D eigenvalue weighted by molar-refractivity contribution is 7.15. The van der Waals surface area contributed by atoms with Crippen LogP contribution in [0.25, 0.3) is 0 Å². The lowest BCUT2D eigenvalue weighted by Gasteiger charge is -2.24. The van der Waals surface area contributed by atoms with Gasteiger partial charge in [0.05, 0.1) is 6.20 Å². The smallest absolute Gasteiger partial charge is 0.410 e. The Morgan fingerprint density at radius 1 is 1.62 bits per heavy atom. The molecule has 1 aliphatic heterocycles. The molecule has 0 aliphatic carbocycles. The van der Waals surface area contributed by atoms with Crippen LogP contribution in [0, 0.1) is 5.92 Å². The molecule has 0 spiro atoms. The molecule has 1 fully saturated rings. The number of aromatic nitrogens is 1. The Morgan fingerprint density at radius 3 is 3.00 bits per heavy atom. The second kappa shape index (κ2) is 6.94. The molecule has 1 unspecified atom stereocenters. The van der Waals surface area contributed by atoms with Crippen LogP contribution in [0.4, 0.5) is 4.79 Å². The summed E-state index contributed by atoms with van der Waals surface area (Å²) in [6.07, 6.45) is 2.46. The number of hydrogen-bond donors (Lipinski definition) is 1. The SMILES string of the molecule is CC(C)(C)OC(=O)N1CCC(CNCc2ncc(Cl)s2)C1. The number of ether oxygens (including phenoxy) is 1. The van der Waals surface area contributed by atoms with E-state index in [2.05, 4.69) is 10.3 Å². The van der Waals surface area contributed by atoms with Crippen LogP contribution in [-0.2, 0) is 11.3 Å². The summed E-state index contributed by atoms with van der Waals surface area (Å²) >= 11 is 7.33. The van der Waals surface area contributed by atoms with Gasteiger partial charge in [-0.15, -0.1) is 11.3 Å². The zero-order valence-electron chi connectivity index (χ0n) is 12.7. The van der Waals surface area contributed by atoms with Crippen LogP contribution in [-0.4, -0.2) is 41.2 Å². The van der Waals surface area contributed by atoms with E-state index in [-0.39, 0.29) is 6.09 Å². The standard InChI is InChI=1S/C14H22ClN3O2S/c1-14(2,3)20-13(19)18-5-4-10(9-18)6-16-8-12-17-7-11(15)21-12/h7,10,16H,4-6,8-9H2,1-3H3. The van der Waals surface area contributed by atoms with Crippen LogP contribution >= 0.6 is 22.9 Å². The van der Waals surface area contributed by atoms with Crippen molar-refractivity contribution >= 4 is 29.0 Å². The van der Waals surface area contributed by atoms with Gasteiger partial charge < -0.3 is 15.0 Å². The van der Waals surface area contributed by atoms with Gasteiger partial charge in [0, 0.05) is 26.2 Å². The summed E-state index contributed by atoms with van der Waals surface area (Å²) < 4.78 is 6.10. The predicted octanol–water partition coefficient (Wildman–Crippen LogP) is 3.14. The first-order valence-electron chi connectivity index (χ1n) is 7.12. The number of likely N-dealkylation sites (tertiary alicyclic amines) is 1. The van der Waals surface area contributed by atoms with Gasteiger partial charge in [-0.25, -0.2) is 9.78 Å². The summed E-state index contributed by atoms with van der Waals surface area (Å²) in [4.78, 5) is 18.0. The number of halogens is 1. The van der Waals surface area contributed by atoms with Gasteiger partial charge in [-0.05, 0) is 33.1 Å². The number of rotatable bonds is 4. The minimum absolute atomic E-state index is 0.211. The van der Waals surface area contributed by atoms with Crippen LogP contribution in [0.1, 0.15) is 32.2 Å². The molecule has 0 aromatic carbocycles. The van der Waals surface area contributed by atoms with Gasteiger partial charge in [-0.2, -0.15) is 0 Å². The van der Waals surface area contributed by atoms with E-state index in [1.54, 1.807) is 11.1 Å². The average Bonchev–Trinajstić information content (AvgIpc) is 2.97. The fraction of sp³-hybridized carbons (Fsp3) is 0.714. The number of nitrogens with one attached hydrogen (secondary N) is 1. The fourth-order valence-electron chi connectivity index (χ4n) is 2.24. The van der Waals surface area contributed by atoms with Crippen molar-refractivity contribution < 1.29 is 9.53 Å². The molecule has 0 radical (unpaired) electrons. The van der Waals surface area contributed by atoms with E-state index >= 15 is 0 Å². The lowest BCUT2D eigenvalue weighted by atomic mass is 10.1. The first-order valence-corrected chi connectivity index (χ1v) is 8.32. The average molecular weight is 332 g/mol. The van der Waals surface area contributed by atoms with Gasteiger partial charge in [0.1, 0.15) is 14.9 Å². The zero-order valence-corrected chi connectivity index (χ0v) is 14.3. The normalized spacial score (nSPS) is 19.0. The van der Waals surface area contributed by atoms with Gasteiger partial charge in [-0.3, -0.25) is 0 Å². The molecule has 7 heteroatoms. The van der Waals surface area contributed by atoms with Crippen molar-refractivity contribution in [2.75, 3.05) is 19.6 Å². The summed E-state index contributed by atoms with van der Waals surface area (Å²) in [6.45, 7) is 8.78. The van der Waals surface area contributed by atoms with Crippen LogP contribution in [0.3, 0.4) is 0 Å². The van der Waals surface area contributed by atoms with Crippen molar-refractivity contribution in [3.8, 4) is 0 Å². The largest absolute Gasteiger partial charge is 0.444 e. The lowest BCUT2D eigenvalue weighted by molar-refractivity contribution is 0.0288. The quantitative estimate of drug-likeness (QED) is 0.921. The zero-order chi connectivity index (χ0) is 15.5. The molecule has 1 N–H and O–H groups in total. The van der Waals surface area contributed by atoms with Gasteiger partial charge >= 0.3 is 6.09 Å².